The van der Waals surface area contributed by atoms with Gasteiger partial charge in [0.25, 0.3) is 0 Å². The smallest absolute Gasteiger partial charge is 0.418 e. The fraction of sp³-hybridized carbons (Fsp3) is 0.562. The number of unbranched alkanes of at least 4 members (excludes halogenated alkanes) is 1. The van der Waals surface area contributed by atoms with Gasteiger partial charge in [-0.15, -0.1) is 0 Å². The van der Waals surface area contributed by atoms with Crippen molar-refractivity contribution in [3.05, 3.63) is 36.0 Å². The van der Waals surface area contributed by atoms with E-state index in [2.05, 4.69) is 16.0 Å². The van der Waals surface area contributed by atoms with E-state index < -0.39 is 66.1 Å². The number of para-hydroxylation sites is 1. The predicted octanol–water partition coefficient (Wildman–Crippen LogP) is 3.53. The highest BCUT2D eigenvalue weighted by atomic mass is 16.6. The van der Waals surface area contributed by atoms with Crippen molar-refractivity contribution in [2.24, 2.45) is 5.92 Å². The third-order valence-corrected chi connectivity index (χ3v) is 6.68. The molecule has 0 spiro atoms. The molecular weight excluding hydrogens is 600 g/mol. The average molecular weight is 647 g/mol. The predicted molar refractivity (Wildman–Crippen MR) is 168 cm³/mol. The minimum absolute atomic E-state index is 0.0499. The Labute approximate surface area is 268 Å². The maximum atomic E-state index is 13.7. The maximum Gasteiger partial charge on any atom is 0.418 e. The number of methoxy groups -OCH3 is 1. The minimum atomic E-state index is -1.65. The van der Waals surface area contributed by atoms with Gasteiger partial charge < -0.3 is 35.3 Å². The summed E-state index contributed by atoms with van der Waals surface area (Å²) < 4.78 is 16.5. The number of carbonyl (C=O) groups excluding carboxylic acids is 5. The Bertz CT molecular complexity index is 1390. The first-order chi connectivity index (χ1) is 21.6. The monoisotopic (exact) mass is 646 g/mol. The van der Waals surface area contributed by atoms with E-state index in [0.29, 0.717) is 22.9 Å². The number of hydrogen-bond donors (Lipinski definition) is 4. The lowest BCUT2D eigenvalue weighted by molar-refractivity contribution is -0.150. The second kappa shape index (κ2) is 17.2. The molecule has 2 rings (SSSR count). The number of carbonyl (C=O) groups is 6. The molecule has 3 atom stereocenters. The summed E-state index contributed by atoms with van der Waals surface area (Å²) in [4.78, 5) is 76.7. The van der Waals surface area contributed by atoms with Crippen LogP contribution in [0.15, 0.2) is 30.5 Å². The first kappa shape index (κ1) is 37.6. The normalized spacial score (nSPS) is 13.3. The fourth-order valence-electron chi connectivity index (χ4n) is 4.54. The van der Waals surface area contributed by atoms with Crippen LogP contribution in [0, 0.1) is 5.92 Å². The van der Waals surface area contributed by atoms with Gasteiger partial charge in [0.1, 0.15) is 23.7 Å². The molecule has 3 amide bonds. The third kappa shape index (κ3) is 11.7. The number of alkyl carbamates (subject to hydrolysis) is 1. The Morgan fingerprint density at radius 2 is 1.57 bits per heavy atom. The summed E-state index contributed by atoms with van der Waals surface area (Å²) >= 11 is 0. The quantitative estimate of drug-likeness (QED) is 0.126. The molecule has 0 aliphatic rings. The zero-order chi connectivity index (χ0) is 34.6. The van der Waals surface area contributed by atoms with Crippen LogP contribution < -0.4 is 16.0 Å². The highest BCUT2D eigenvalue weighted by molar-refractivity contribution is 5.96. The molecule has 4 N–H and O–H groups in total. The molecule has 0 aliphatic carbocycles. The number of fused-ring (bicyclic) bond motifs is 1. The van der Waals surface area contributed by atoms with Crippen LogP contribution in [0.4, 0.5) is 9.59 Å². The Hall–Kier alpha value is -4.62. The number of carboxylic acids is 1. The lowest BCUT2D eigenvalue weighted by Gasteiger charge is -2.26. The van der Waals surface area contributed by atoms with Crippen LogP contribution in [0.3, 0.4) is 0 Å². The van der Waals surface area contributed by atoms with E-state index in [9.17, 15) is 33.9 Å². The number of benzene rings is 1. The molecule has 3 unspecified atom stereocenters. The number of ether oxygens (including phenoxy) is 3. The lowest BCUT2D eigenvalue weighted by Crippen LogP contribution is -2.57. The van der Waals surface area contributed by atoms with Gasteiger partial charge in [0.2, 0.25) is 11.8 Å². The highest BCUT2D eigenvalue weighted by Gasteiger charge is 2.33. The van der Waals surface area contributed by atoms with E-state index in [1.807, 2.05) is 20.8 Å². The summed E-state index contributed by atoms with van der Waals surface area (Å²) in [5.41, 5.74) is 0.119. The molecule has 254 valence electrons. The van der Waals surface area contributed by atoms with Crippen LogP contribution in [-0.2, 0) is 39.8 Å². The molecule has 0 fully saturated rings. The van der Waals surface area contributed by atoms with Gasteiger partial charge in [-0.05, 0) is 51.2 Å². The molecule has 1 heterocycles. The summed E-state index contributed by atoms with van der Waals surface area (Å²) in [7, 11) is 1.22. The number of hydrogen-bond acceptors (Lipinski definition) is 9. The molecule has 1 aromatic carbocycles. The Kier molecular flexibility index (Phi) is 14.0. The molecule has 0 bridgehead atoms. The Morgan fingerprint density at radius 3 is 2.15 bits per heavy atom. The standard InChI is InChI=1S/C32H46N4O10/c1-8-9-14-45-26(37)17-24(29(40)41)34-28(39)23(16-20-18-36(31(43)44-7)25-13-11-10-12-21(20)25)33-27(38)22(15-19(2)3)35-30(42)46-32(4,5)6/h10-13,18-19,22-24H,8-9,14-17H2,1-7H3,(H,33,38)(H,34,39)(H,35,42)(H,40,41). The number of amides is 3. The van der Waals surface area contributed by atoms with Crippen LogP contribution in [0.5, 0.6) is 0 Å². The fourth-order valence-corrected chi connectivity index (χ4v) is 4.54. The van der Waals surface area contributed by atoms with Crippen molar-refractivity contribution in [3.8, 4) is 0 Å². The van der Waals surface area contributed by atoms with Crippen LogP contribution in [0.1, 0.15) is 72.8 Å². The van der Waals surface area contributed by atoms with Crippen molar-refractivity contribution in [3.63, 3.8) is 0 Å². The van der Waals surface area contributed by atoms with Gasteiger partial charge in [0.05, 0.1) is 25.7 Å². The van der Waals surface area contributed by atoms with Gasteiger partial charge in [0, 0.05) is 18.0 Å². The van der Waals surface area contributed by atoms with E-state index in [0.717, 1.165) is 6.42 Å². The van der Waals surface area contributed by atoms with Gasteiger partial charge in [-0.1, -0.05) is 45.4 Å². The summed E-state index contributed by atoms with van der Waals surface area (Å²) in [6.45, 7) is 10.7. The van der Waals surface area contributed by atoms with Crippen molar-refractivity contribution in [1.29, 1.82) is 0 Å². The van der Waals surface area contributed by atoms with Crippen LogP contribution in [0.25, 0.3) is 10.9 Å². The van der Waals surface area contributed by atoms with Gasteiger partial charge in [0.15, 0.2) is 0 Å². The number of esters is 1. The van der Waals surface area contributed by atoms with Crippen molar-refractivity contribution in [2.45, 2.75) is 97.4 Å². The zero-order valence-corrected chi connectivity index (χ0v) is 27.5. The summed E-state index contributed by atoms with van der Waals surface area (Å²) in [6.07, 6.45) is 0.690. The molecule has 14 heteroatoms. The summed E-state index contributed by atoms with van der Waals surface area (Å²) in [5.74, 6) is -3.95. The topological polar surface area (TPSA) is 191 Å². The highest BCUT2D eigenvalue weighted by Crippen LogP contribution is 2.23. The van der Waals surface area contributed by atoms with E-state index in [-0.39, 0.29) is 25.4 Å². The average Bonchev–Trinajstić information content (AvgIpc) is 3.32. The van der Waals surface area contributed by atoms with Gasteiger partial charge in [-0.25, -0.2) is 14.4 Å². The largest absolute Gasteiger partial charge is 0.480 e. The van der Waals surface area contributed by atoms with Gasteiger partial charge in [-0.2, -0.15) is 0 Å². The van der Waals surface area contributed by atoms with Gasteiger partial charge >= 0.3 is 24.1 Å². The van der Waals surface area contributed by atoms with Crippen molar-refractivity contribution < 1.29 is 48.1 Å². The van der Waals surface area contributed by atoms with E-state index in [1.54, 1.807) is 45.0 Å². The molecule has 14 nitrogen and oxygen atoms in total. The molecule has 46 heavy (non-hydrogen) atoms. The van der Waals surface area contributed by atoms with E-state index in [4.69, 9.17) is 14.2 Å². The molecule has 1 aromatic heterocycles. The number of nitrogens with one attached hydrogen (secondary N) is 3. The Morgan fingerprint density at radius 1 is 0.935 bits per heavy atom. The van der Waals surface area contributed by atoms with Crippen LogP contribution in [0.2, 0.25) is 0 Å². The van der Waals surface area contributed by atoms with Crippen LogP contribution >= 0.6 is 0 Å². The van der Waals surface area contributed by atoms with E-state index >= 15 is 0 Å². The second-order valence-electron chi connectivity index (χ2n) is 12.3. The number of rotatable bonds is 15. The second-order valence-corrected chi connectivity index (χ2v) is 12.3. The molecule has 2 aromatic rings. The minimum Gasteiger partial charge on any atom is -0.480 e. The van der Waals surface area contributed by atoms with Gasteiger partial charge in [-0.3, -0.25) is 19.0 Å². The van der Waals surface area contributed by atoms with E-state index in [1.165, 1.54) is 17.9 Å². The number of aliphatic carboxylic acids is 1. The lowest BCUT2D eigenvalue weighted by atomic mass is 10.0. The first-order valence-electron chi connectivity index (χ1n) is 15.2. The molecule has 0 saturated carbocycles. The van der Waals surface area contributed by atoms with Crippen molar-refractivity contribution in [2.75, 3.05) is 13.7 Å². The number of aromatic nitrogens is 1. The first-order valence-corrected chi connectivity index (χ1v) is 15.2. The number of carboxylic acid groups (broad SMARTS) is 1. The molecule has 0 aliphatic heterocycles. The molecular formula is C32H46N4O10. The summed E-state index contributed by atoms with van der Waals surface area (Å²) in [5, 5.41) is 17.9. The molecule has 0 saturated heterocycles. The van der Waals surface area contributed by atoms with Crippen LogP contribution in [-0.4, -0.2) is 83.1 Å². The SMILES string of the molecule is CCCCOC(=O)CC(NC(=O)C(Cc1cn(C(=O)OC)c2ccccc12)NC(=O)C(CC(C)C)NC(=O)OC(C)(C)C)C(=O)O. The number of nitrogens with zero attached hydrogens (tertiary/aromatic N) is 1. The van der Waals surface area contributed by atoms with Crippen molar-refractivity contribution in [1.82, 2.24) is 20.5 Å². The summed E-state index contributed by atoms with van der Waals surface area (Å²) in [6, 6.07) is 2.70. The Balaban J connectivity index is 2.45. The molecule has 0 radical (unpaired) electrons. The maximum absolute atomic E-state index is 13.7. The van der Waals surface area contributed by atoms with Crippen molar-refractivity contribution >= 4 is 46.8 Å². The third-order valence-electron chi connectivity index (χ3n) is 6.68. The zero-order valence-electron chi connectivity index (χ0n) is 27.5.